The number of hydrogen-bond acceptors (Lipinski definition) is 6. The molecule has 2 aliphatic rings. The average Bonchev–Trinajstić information content (AvgIpc) is 3.46. The van der Waals surface area contributed by atoms with Crippen molar-refractivity contribution in [1.29, 1.82) is 0 Å². The highest BCUT2D eigenvalue weighted by Crippen LogP contribution is 2.42. The van der Waals surface area contributed by atoms with Crippen LogP contribution in [0.2, 0.25) is 0 Å². The number of nitrogens with zero attached hydrogens (tertiary/aromatic N) is 6. The van der Waals surface area contributed by atoms with Crippen molar-refractivity contribution >= 4 is 5.91 Å². The van der Waals surface area contributed by atoms with Crippen molar-refractivity contribution in [2.24, 2.45) is 11.8 Å². The molecule has 3 heterocycles. The Morgan fingerprint density at radius 1 is 1.23 bits per heavy atom. The monoisotopic (exact) mass is 416 g/mol. The van der Waals surface area contributed by atoms with Crippen molar-refractivity contribution in [3.8, 4) is 0 Å². The van der Waals surface area contributed by atoms with Crippen molar-refractivity contribution in [3.05, 3.63) is 29.3 Å². The standard InChI is InChI=1S/C21H32N6O3/c1-5-6-26-14(2)18(9-22-26)21(28)25-10-15-7-19(20(30-4)8-16(15)11-25)27-12-17(13-29-3)23-24-27/h9,12,15-16,19-20H,5-8,10-11,13H2,1-4H3/t15-,16+,19-,20-/m1/s1. The number of likely N-dealkylation sites (tertiary alicyclic amines) is 1. The molecule has 30 heavy (non-hydrogen) atoms. The Morgan fingerprint density at radius 3 is 2.70 bits per heavy atom. The van der Waals surface area contributed by atoms with Crippen LogP contribution in [0.3, 0.4) is 0 Å². The van der Waals surface area contributed by atoms with Crippen LogP contribution in [0.15, 0.2) is 12.4 Å². The van der Waals surface area contributed by atoms with Crippen LogP contribution in [-0.2, 0) is 22.6 Å². The molecule has 2 aromatic heterocycles. The molecule has 0 N–H and O–H groups in total. The van der Waals surface area contributed by atoms with Gasteiger partial charge in [-0.2, -0.15) is 5.10 Å². The maximum atomic E-state index is 13.2. The van der Waals surface area contributed by atoms with Crippen LogP contribution in [0.25, 0.3) is 0 Å². The molecule has 1 saturated carbocycles. The van der Waals surface area contributed by atoms with E-state index in [4.69, 9.17) is 9.47 Å². The van der Waals surface area contributed by atoms with Gasteiger partial charge in [0.2, 0.25) is 0 Å². The second-order valence-electron chi connectivity index (χ2n) is 8.53. The molecule has 2 fully saturated rings. The van der Waals surface area contributed by atoms with E-state index in [1.165, 1.54) is 0 Å². The van der Waals surface area contributed by atoms with Crippen LogP contribution in [0, 0.1) is 18.8 Å². The number of aryl methyl sites for hydroxylation is 1. The smallest absolute Gasteiger partial charge is 0.257 e. The molecule has 0 spiro atoms. The van der Waals surface area contributed by atoms with Gasteiger partial charge in [0.15, 0.2) is 0 Å². The average molecular weight is 417 g/mol. The lowest BCUT2D eigenvalue weighted by atomic mass is 9.77. The Balaban J connectivity index is 1.47. The van der Waals surface area contributed by atoms with E-state index < -0.39 is 0 Å². The third-order valence-corrected chi connectivity index (χ3v) is 6.63. The molecule has 9 heteroatoms. The van der Waals surface area contributed by atoms with Gasteiger partial charge in [-0.25, -0.2) is 4.68 Å². The Hall–Kier alpha value is -2.26. The van der Waals surface area contributed by atoms with Crippen molar-refractivity contribution in [1.82, 2.24) is 29.7 Å². The lowest BCUT2D eigenvalue weighted by Gasteiger charge is -2.36. The first-order valence-electron chi connectivity index (χ1n) is 10.8. The van der Waals surface area contributed by atoms with E-state index in [0.717, 1.165) is 55.8 Å². The molecular weight excluding hydrogens is 384 g/mol. The Kier molecular flexibility index (Phi) is 6.19. The SMILES string of the molecule is CCCn1ncc(C(=O)N2C[C@H]3C[C@@H](n4cc(COC)nn4)[C@H](OC)C[C@H]3C2)c1C. The zero-order valence-corrected chi connectivity index (χ0v) is 18.3. The molecule has 4 rings (SSSR count). The second kappa shape index (κ2) is 8.85. The first-order valence-corrected chi connectivity index (χ1v) is 10.8. The molecule has 2 aromatic rings. The zero-order valence-electron chi connectivity index (χ0n) is 18.3. The predicted octanol–water partition coefficient (Wildman–Crippen LogP) is 2.08. The molecule has 1 amide bonds. The van der Waals surface area contributed by atoms with Crippen molar-refractivity contribution in [2.75, 3.05) is 27.3 Å². The van der Waals surface area contributed by atoms with E-state index in [1.54, 1.807) is 20.4 Å². The molecule has 1 saturated heterocycles. The number of methoxy groups -OCH3 is 2. The Labute approximate surface area is 177 Å². The number of fused-ring (bicyclic) bond motifs is 1. The van der Waals surface area contributed by atoms with Gasteiger partial charge in [-0.05, 0) is 38.0 Å². The van der Waals surface area contributed by atoms with Crippen LogP contribution in [-0.4, -0.2) is 69.0 Å². The van der Waals surface area contributed by atoms with Crippen LogP contribution in [0.4, 0.5) is 0 Å². The summed E-state index contributed by atoms with van der Waals surface area (Å²) in [4.78, 5) is 15.2. The van der Waals surface area contributed by atoms with Gasteiger partial charge in [-0.1, -0.05) is 12.1 Å². The maximum Gasteiger partial charge on any atom is 0.257 e. The summed E-state index contributed by atoms with van der Waals surface area (Å²) in [6.45, 7) is 6.94. The van der Waals surface area contributed by atoms with Gasteiger partial charge in [0, 0.05) is 39.5 Å². The number of rotatable bonds is 7. The van der Waals surface area contributed by atoms with Gasteiger partial charge in [-0.3, -0.25) is 9.48 Å². The van der Waals surface area contributed by atoms with Gasteiger partial charge in [0.25, 0.3) is 5.91 Å². The summed E-state index contributed by atoms with van der Waals surface area (Å²) in [6, 6.07) is 0.124. The largest absolute Gasteiger partial charge is 0.379 e. The van der Waals surface area contributed by atoms with Crippen LogP contribution in [0.1, 0.15) is 54.0 Å². The Bertz CT molecular complexity index is 878. The van der Waals surface area contributed by atoms with Crippen molar-refractivity contribution in [2.45, 2.75) is 58.4 Å². The highest BCUT2D eigenvalue weighted by molar-refractivity contribution is 5.95. The molecule has 1 aliphatic heterocycles. The van der Waals surface area contributed by atoms with Crippen LogP contribution >= 0.6 is 0 Å². The van der Waals surface area contributed by atoms with E-state index in [9.17, 15) is 4.79 Å². The lowest BCUT2D eigenvalue weighted by molar-refractivity contribution is -0.00548. The van der Waals surface area contributed by atoms with Gasteiger partial charge >= 0.3 is 0 Å². The van der Waals surface area contributed by atoms with Gasteiger partial charge in [0.05, 0.1) is 36.7 Å². The second-order valence-corrected chi connectivity index (χ2v) is 8.53. The summed E-state index contributed by atoms with van der Waals surface area (Å²) in [5.41, 5.74) is 2.50. The molecule has 1 aliphatic carbocycles. The molecule has 164 valence electrons. The van der Waals surface area contributed by atoms with E-state index in [2.05, 4.69) is 22.3 Å². The van der Waals surface area contributed by atoms with Gasteiger partial charge in [0.1, 0.15) is 5.69 Å². The number of carbonyl (C=O) groups is 1. The minimum atomic E-state index is 0.0624. The number of ether oxygens (including phenoxy) is 2. The highest BCUT2D eigenvalue weighted by atomic mass is 16.5. The first kappa shape index (κ1) is 21.0. The lowest BCUT2D eigenvalue weighted by Crippen LogP contribution is -2.37. The fourth-order valence-electron chi connectivity index (χ4n) is 5.04. The summed E-state index contributed by atoms with van der Waals surface area (Å²) in [7, 11) is 3.41. The van der Waals surface area contributed by atoms with Gasteiger partial charge < -0.3 is 14.4 Å². The number of hydrogen-bond donors (Lipinski definition) is 0. The first-order chi connectivity index (χ1) is 14.5. The fraction of sp³-hybridized carbons (Fsp3) is 0.714. The van der Waals surface area contributed by atoms with E-state index >= 15 is 0 Å². The molecule has 0 aromatic carbocycles. The third kappa shape index (κ3) is 3.88. The predicted molar refractivity (Wildman–Crippen MR) is 110 cm³/mol. The molecule has 0 bridgehead atoms. The molecule has 0 radical (unpaired) electrons. The van der Waals surface area contributed by atoms with Crippen LogP contribution < -0.4 is 0 Å². The van der Waals surface area contributed by atoms with Crippen LogP contribution in [0.5, 0.6) is 0 Å². The fourth-order valence-corrected chi connectivity index (χ4v) is 5.04. The molecule has 9 nitrogen and oxygen atoms in total. The van der Waals surface area contributed by atoms with E-state index in [1.807, 2.05) is 27.4 Å². The zero-order chi connectivity index (χ0) is 21.3. The van der Waals surface area contributed by atoms with E-state index in [0.29, 0.717) is 18.4 Å². The summed E-state index contributed by atoms with van der Waals surface area (Å²) in [6.07, 6.45) is 6.58. The van der Waals surface area contributed by atoms with Crippen molar-refractivity contribution in [3.63, 3.8) is 0 Å². The minimum absolute atomic E-state index is 0.0624. The number of amides is 1. The third-order valence-electron chi connectivity index (χ3n) is 6.63. The number of aromatic nitrogens is 5. The number of carbonyl (C=O) groups excluding carboxylic acids is 1. The topological polar surface area (TPSA) is 87.3 Å². The summed E-state index contributed by atoms with van der Waals surface area (Å²) in [5, 5.41) is 12.9. The molecule has 0 unspecified atom stereocenters. The molecule has 4 atom stereocenters. The minimum Gasteiger partial charge on any atom is -0.379 e. The summed E-state index contributed by atoms with van der Waals surface area (Å²) < 4.78 is 14.8. The van der Waals surface area contributed by atoms with Gasteiger partial charge in [-0.15, -0.1) is 5.10 Å². The molecular formula is C21H32N6O3. The Morgan fingerprint density at radius 2 is 2.00 bits per heavy atom. The highest BCUT2D eigenvalue weighted by Gasteiger charge is 2.45. The normalized spacial score (nSPS) is 26.2. The quantitative estimate of drug-likeness (QED) is 0.687. The maximum absolute atomic E-state index is 13.2. The van der Waals surface area contributed by atoms with E-state index in [-0.39, 0.29) is 18.1 Å². The summed E-state index contributed by atoms with van der Waals surface area (Å²) in [5.74, 6) is 0.979. The van der Waals surface area contributed by atoms with Crippen molar-refractivity contribution < 1.29 is 14.3 Å². The summed E-state index contributed by atoms with van der Waals surface area (Å²) >= 11 is 0.